The maximum absolute atomic E-state index is 11.8. The molecular weight excluding hydrogens is 348 g/mol. The van der Waals surface area contributed by atoms with Crippen molar-refractivity contribution in [1.82, 2.24) is 10.4 Å². The molecule has 7 heteroatoms. The highest BCUT2D eigenvalue weighted by Gasteiger charge is 2.19. The Hall–Kier alpha value is -2.15. The molecule has 0 saturated carbocycles. The summed E-state index contributed by atoms with van der Waals surface area (Å²) in [4.78, 5) is 17.9. The normalized spacial score (nSPS) is 14.7. The Morgan fingerprint density at radius 2 is 2.09 bits per heavy atom. The van der Waals surface area contributed by atoms with E-state index in [9.17, 15) is 4.79 Å². The maximum Gasteiger partial charge on any atom is 0.271 e. The van der Waals surface area contributed by atoms with Gasteiger partial charge in [0, 0.05) is 37.1 Å². The van der Waals surface area contributed by atoms with Crippen LogP contribution in [0.4, 0.5) is 5.88 Å². The van der Waals surface area contributed by atoms with Crippen LogP contribution in [0.5, 0.6) is 0 Å². The lowest BCUT2D eigenvalue weighted by atomic mass is 10.3. The van der Waals surface area contributed by atoms with Gasteiger partial charge in [0.25, 0.3) is 5.91 Å². The monoisotopic (exact) mass is 362 g/mol. The first kappa shape index (κ1) is 14.8. The molecule has 0 aromatic carbocycles. The highest BCUT2D eigenvalue weighted by atomic mass is 79.9. The number of carbonyl (C=O) groups is 1. The summed E-state index contributed by atoms with van der Waals surface area (Å²) in [6.07, 6.45) is 6.97. The third-order valence-corrected chi connectivity index (χ3v) is 3.95. The average molecular weight is 363 g/mol. The fourth-order valence-electron chi connectivity index (χ4n) is 2.30. The van der Waals surface area contributed by atoms with Crippen LogP contribution in [-0.4, -0.2) is 30.2 Å². The van der Waals surface area contributed by atoms with Crippen LogP contribution in [0.2, 0.25) is 0 Å². The third kappa shape index (κ3) is 3.36. The molecule has 2 aromatic rings. The molecule has 3 rings (SSSR count). The zero-order valence-corrected chi connectivity index (χ0v) is 13.4. The minimum absolute atomic E-state index is 0.288. The van der Waals surface area contributed by atoms with Gasteiger partial charge in [0.1, 0.15) is 0 Å². The van der Waals surface area contributed by atoms with Crippen molar-refractivity contribution in [2.24, 2.45) is 5.10 Å². The van der Waals surface area contributed by atoms with Gasteiger partial charge in [0.15, 0.2) is 5.76 Å². The minimum Gasteiger partial charge on any atom is -0.438 e. The Kier molecular flexibility index (Phi) is 4.53. The highest BCUT2D eigenvalue weighted by molar-refractivity contribution is 9.10. The van der Waals surface area contributed by atoms with Crippen molar-refractivity contribution in [3.8, 4) is 0 Å². The molecule has 1 amide bonds. The van der Waals surface area contributed by atoms with E-state index in [0.717, 1.165) is 23.4 Å². The van der Waals surface area contributed by atoms with Crippen LogP contribution in [-0.2, 0) is 0 Å². The lowest BCUT2D eigenvalue weighted by Crippen LogP contribution is -2.17. The predicted octanol–water partition coefficient (Wildman–Crippen LogP) is 2.80. The van der Waals surface area contributed by atoms with Gasteiger partial charge < -0.3 is 9.32 Å². The van der Waals surface area contributed by atoms with Crippen molar-refractivity contribution < 1.29 is 9.21 Å². The molecule has 3 heterocycles. The minimum atomic E-state index is -0.288. The van der Waals surface area contributed by atoms with Crippen molar-refractivity contribution in [3.05, 3.63) is 46.4 Å². The Balaban J connectivity index is 1.63. The first-order chi connectivity index (χ1) is 10.7. The molecule has 2 aromatic heterocycles. The Morgan fingerprint density at radius 1 is 1.36 bits per heavy atom. The van der Waals surface area contributed by atoms with Gasteiger partial charge in [-0.2, -0.15) is 5.10 Å². The van der Waals surface area contributed by atoms with Crippen LogP contribution in [0.1, 0.15) is 29.0 Å². The van der Waals surface area contributed by atoms with Crippen LogP contribution in [0.3, 0.4) is 0 Å². The maximum atomic E-state index is 11.8. The molecule has 22 heavy (non-hydrogen) atoms. The number of hydrazone groups is 1. The number of furan rings is 1. The number of hydrogen-bond acceptors (Lipinski definition) is 5. The fourth-order valence-corrected chi connectivity index (χ4v) is 2.86. The van der Waals surface area contributed by atoms with Gasteiger partial charge in [-0.05, 0) is 40.9 Å². The number of amides is 1. The molecule has 114 valence electrons. The number of carbonyl (C=O) groups excluding carboxylic acids is 1. The lowest BCUT2D eigenvalue weighted by Gasteiger charge is -2.13. The average Bonchev–Trinajstić information content (AvgIpc) is 3.17. The van der Waals surface area contributed by atoms with Crippen LogP contribution in [0, 0.1) is 0 Å². The van der Waals surface area contributed by atoms with Gasteiger partial charge in [-0.25, -0.2) is 5.43 Å². The molecule has 1 fully saturated rings. The van der Waals surface area contributed by atoms with Gasteiger partial charge in [-0.1, -0.05) is 0 Å². The van der Waals surface area contributed by atoms with E-state index in [0.29, 0.717) is 11.3 Å². The summed E-state index contributed by atoms with van der Waals surface area (Å²) in [5.41, 5.74) is 2.96. The highest BCUT2D eigenvalue weighted by Crippen LogP contribution is 2.31. The molecule has 1 aliphatic rings. The van der Waals surface area contributed by atoms with Gasteiger partial charge in [-0.3, -0.25) is 9.78 Å². The number of pyridine rings is 1. The standard InChI is InChI=1S/C15H15BrN4O2/c16-13-9-12(22-15(13)20-7-1-2-8-20)10-18-19-14(21)11-3-5-17-6-4-11/h3-6,9-10H,1-2,7-8H2,(H,19,21)/b18-10-. The molecule has 0 radical (unpaired) electrons. The Morgan fingerprint density at radius 3 is 2.82 bits per heavy atom. The van der Waals surface area contributed by atoms with E-state index >= 15 is 0 Å². The third-order valence-electron chi connectivity index (χ3n) is 3.38. The number of hydrogen-bond donors (Lipinski definition) is 1. The van der Waals surface area contributed by atoms with Crippen molar-refractivity contribution in [2.45, 2.75) is 12.8 Å². The van der Waals surface area contributed by atoms with Crippen LogP contribution in [0.15, 0.2) is 44.6 Å². The molecule has 1 N–H and O–H groups in total. The number of aromatic nitrogens is 1. The second-order valence-electron chi connectivity index (χ2n) is 4.93. The van der Waals surface area contributed by atoms with Gasteiger partial charge >= 0.3 is 0 Å². The quantitative estimate of drug-likeness (QED) is 0.670. The summed E-state index contributed by atoms with van der Waals surface area (Å²) in [5, 5.41) is 3.92. The van der Waals surface area contributed by atoms with Crippen LogP contribution >= 0.6 is 15.9 Å². The summed E-state index contributed by atoms with van der Waals surface area (Å²) in [7, 11) is 0. The largest absolute Gasteiger partial charge is 0.438 e. The summed E-state index contributed by atoms with van der Waals surface area (Å²) in [6, 6.07) is 5.09. The Bertz CT molecular complexity index is 678. The second kappa shape index (κ2) is 6.74. The van der Waals surface area contributed by atoms with E-state index < -0.39 is 0 Å². The zero-order chi connectivity index (χ0) is 15.4. The van der Waals surface area contributed by atoms with Gasteiger partial charge in [-0.15, -0.1) is 0 Å². The summed E-state index contributed by atoms with van der Waals surface area (Å²) >= 11 is 3.49. The topological polar surface area (TPSA) is 70.7 Å². The van der Waals surface area contributed by atoms with Crippen molar-refractivity contribution in [3.63, 3.8) is 0 Å². The second-order valence-corrected chi connectivity index (χ2v) is 5.79. The summed E-state index contributed by atoms with van der Waals surface area (Å²) in [5.74, 6) is 1.12. The molecule has 6 nitrogen and oxygen atoms in total. The first-order valence-electron chi connectivity index (χ1n) is 7.02. The van der Waals surface area contributed by atoms with E-state index in [2.05, 4.69) is 36.3 Å². The van der Waals surface area contributed by atoms with Crippen molar-refractivity contribution >= 4 is 33.9 Å². The molecule has 0 spiro atoms. The van der Waals surface area contributed by atoms with Crippen molar-refractivity contribution in [2.75, 3.05) is 18.0 Å². The smallest absolute Gasteiger partial charge is 0.271 e. The van der Waals surface area contributed by atoms with Crippen LogP contribution < -0.4 is 10.3 Å². The summed E-state index contributed by atoms with van der Waals surface area (Å²) < 4.78 is 6.65. The lowest BCUT2D eigenvalue weighted by molar-refractivity contribution is 0.0955. The van der Waals surface area contributed by atoms with E-state index in [4.69, 9.17) is 4.42 Å². The molecule has 0 aliphatic carbocycles. The number of nitrogens with zero attached hydrogens (tertiary/aromatic N) is 3. The van der Waals surface area contributed by atoms with E-state index in [1.54, 1.807) is 24.5 Å². The molecule has 1 aliphatic heterocycles. The SMILES string of the molecule is O=C(N/N=C\c1cc(Br)c(N2CCCC2)o1)c1ccncc1. The number of anilines is 1. The molecule has 0 bridgehead atoms. The van der Waals surface area contributed by atoms with E-state index in [-0.39, 0.29) is 5.91 Å². The predicted molar refractivity (Wildman–Crippen MR) is 87.2 cm³/mol. The number of halogens is 1. The van der Waals surface area contributed by atoms with Gasteiger partial charge in [0.2, 0.25) is 5.88 Å². The van der Waals surface area contributed by atoms with E-state index in [1.807, 2.05) is 6.07 Å². The molecular formula is C15H15BrN4O2. The summed E-state index contributed by atoms with van der Waals surface area (Å²) in [6.45, 7) is 2.00. The number of nitrogens with one attached hydrogen (secondary N) is 1. The van der Waals surface area contributed by atoms with Crippen LogP contribution in [0.25, 0.3) is 0 Å². The Labute approximate surface area is 136 Å². The van der Waals surface area contributed by atoms with E-state index in [1.165, 1.54) is 19.1 Å². The molecule has 1 saturated heterocycles. The fraction of sp³-hybridized carbons (Fsp3) is 0.267. The molecule has 0 unspecified atom stereocenters. The van der Waals surface area contributed by atoms with Crippen molar-refractivity contribution in [1.29, 1.82) is 0 Å². The zero-order valence-electron chi connectivity index (χ0n) is 11.8. The molecule has 0 atom stereocenters. The number of rotatable bonds is 4. The van der Waals surface area contributed by atoms with Gasteiger partial charge in [0.05, 0.1) is 10.7 Å². The first-order valence-corrected chi connectivity index (χ1v) is 7.81.